The van der Waals surface area contributed by atoms with Crippen LogP contribution in [0.15, 0.2) is 57.9 Å². The van der Waals surface area contributed by atoms with Gasteiger partial charge >= 0.3 is 0 Å². The zero-order chi connectivity index (χ0) is 14.9. The van der Waals surface area contributed by atoms with E-state index in [1.54, 1.807) is 7.11 Å². The third kappa shape index (κ3) is 5.83. The SMILES string of the molecule is COCCNCc1cccc(SCc2ccccc2Br)c1. The summed E-state index contributed by atoms with van der Waals surface area (Å²) in [5.41, 5.74) is 2.63. The van der Waals surface area contributed by atoms with Gasteiger partial charge in [0.1, 0.15) is 0 Å². The van der Waals surface area contributed by atoms with Crippen molar-refractivity contribution < 1.29 is 4.74 Å². The van der Waals surface area contributed by atoms with Gasteiger partial charge in [-0.1, -0.05) is 46.3 Å². The van der Waals surface area contributed by atoms with E-state index in [4.69, 9.17) is 4.74 Å². The molecule has 0 amide bonds. The first-order chi connectivity index (χ1) is 10.3. The van der Waals surface area contributed by atoms with Gasteiger partial charge in [0.05, 0.1) is 6.61 Å². The molecule has 0 atom stereocenters. The molecule has 21 heavy (non-hydrogen) atoms. The van der Waals surface area contributed by atoms with Crippen LogP contribution >= 0.6 is 27.7 Å². The third-order valence-corrected chi connectivity index (χ3v) is 4.88. The monoisotopic (exact) mass is 365 g/mol. The standard InChI is InChI=1S/C17H20BrNOS/c1-20-10-9-19-12-14-5-4-7-16(11-14)21-13-15-6-2-3-8-17(15)18/h2-8,11,19H,9-10,12-13H2,1H3. The Balaban J connectivity index is 1.87. The van der Waals surface area contributed by atoms with Crippen LogP contribution in [0.3, 0.4) is 0 Å². The number of ether oxygens (including phenoxy) is 1. The molecule has 0 saturated heterocycles. The molecular weight excluding hydrogens is 346 g/mol. The van der Waals surface area contributed by atoms with E-state index < -0.39 is 0 Å². The fourth-order valence-corrected chi connectivity index (χ4v) is 3.52. The molecule has 2 aromatic carbocycles. The van der Waals surface area contributed by atoms with Gasteiger partial charge in [-0.3, -0.25) is 0 Å². The molecule has 112 valence electrons. The van der Waals surface area contributed by atoms with Gasteiger partial charge in [0, 0.05) is 35.3 Å². The van der Waals surface area contributed by atoms with E-state index in [0.29, 0.717) is 0 Å². The molecule has 0 saturated carbocycles. The van der Waals surface area contributed by atoms with Gasteiger partial charge in [0.15, 0.2) is 0 Å². The number of hydrogen-bond acceptors (Lipinski definition) is 3. The quantitative estimate of drug-likeness (QED) is 0.550. The number of methoxy groups -OCH3 is 1. The van der Waals surface area contributed by atoms with Gasteiger partial charge in [0.2, 0.25) is 0 Å². The molecule has 2 rings (SSSR count). The Labute approximate surface area is 139 Å². The van der Waals surface area contributed by atoms with Crippen molar-refractivity contribution in [3.8, 4) is 0 Å². The Morgan fingerprint density at radius 3 is 2.81 bits per heavy atom. The van der Waals surface area contributed by atoms with Crippen molar-refractivity contribution in [1.82, 2.24) is 5.32 Å². The van der Waals surface area contributed by atoms with Crippen LogP contribution in [0.2, 0.25) is 0 Å². The fraction of sp³-hybridized carbons (Fsp3) is 0.294. The Hall–Kier alpha value is -0.810. The topological polar surface area (TPSA) is 21.3 Å². The fourth-order valence-electron chi connectivity index (χ4n) is 1.93. The zero-order valence-corrected chi connectivity index (χ0v) is 14.5. The molecule has 2 aromatic rings. The lowest BCUT2D eigenvalue weighted by atomic mass is 10.2. The predicted octanol–water partition coefficient (Wildman–Crippen LogP) is 4.48. The summed E-state index contributed by atoms with van der Waals surface area (Å²) in [7, 11) is 1.72. The molecular formula is C17H20BrNOS. The number of nitrogens with one attached hydrogen (secondary N) is 1. The molecule has 0 radical (unpaired) electrons. The number of thioether (sulfide) groups is 1. The largest absolute Gasteiger partial charge is 0.383 e. The number of halogens is 1. The first kappa shape index (κ1) is 16.6. The summed E-state index contributed by atoms with van der Waals surface area (Å²) in [4.78, 5) is 1.30. The van der Waals surface area contributed by atoms with Crippen molar-refractivity contribution in [2.24, 2.45) is 0 Å². The average Bonchev–Trinajstić information content (AvgIpc) is 2.51. The van der Waals surface area contributed by atoms with Gasteiger partial charge in [0.25, 0.3) is 0 Å². The van der Waals surface area contributed by atoms with Crippen LogP contribution in [0.5, 0.6) is 0 Å². The first-order valence-corrected chi connectivity index (χ1v) is 8.72. The molecule has 0 aliphatic rings. The Bertz CT molecular complexity index is 562. The summed E-state index contributed by atoms with van der Waals surface area (Å²) >= 11 is 5.46. The molecule has 0 fully saturated rings. The summed E-state index contributed by atoms with van der Waals surface area (Å²) in [6, 6.07) is 17.1. The van der Waals surface area contributed by atoms with Crippen molar-refractivity contribution in [2.45, 2.75) is 17.2 Å². The Morgan fingerprint density at radius 1 is 1.14 bits per heavy atom. The van der Waals surface area contributed by atoms with Crippen molar-refractivity contribution in [3.63, 3.8) is 0 Å². The minimum Gasteiger partial charge on any atom is -0.383 e. The predicted molar refractivity (Wildman–Crippen MR) is 93.7 cm³/mol. The van der Waals surface area contributed by atoms with E-state index in [9.17, 15) is 0 Å². The molecule has 1 N–H and O–H groups in total. The highest BCUT2D eigenvalue weighted by Crippen LogP contribution is 2.27. The highest BCUT2D eigenvalue weighted by molar-refractivity contribution is 9.10. The molecule has 0 aliphatic heterocycles. The zero-order valence-electron chi connectivity index (χ0n) is 12.1. The summed E-state index contributed by atoms with van der Waals surface area (Å²) in [5.74, 6) is 0.974. The van der Waals surface area contributed by atoms with E-state index in [2.05, 4.69) is 63.7 Å². The van der Waals surface area contributed by atoms with Gasteiger partial charge in [-0.2, -0.15) is 0 Å². The van der Waals surface area contributed by atoms with Gasteiger partial charge in [-0.25, -0.2) is 0 Å². The summed E-state index contributed by atoms with van der Waals surface area (Å²) in [6.07, 6.45) is 0. The molecule has 0 aromatic heterocycles. The molecule has 4 heteroatoms. The lowest BCUT2D eigenvalue weighted by molar-refractivity contribution is 0.199. The van der Waals surface area contributed by atoms with E-state index in [1.165, 1.54) is 20.5 Å². The second-order valence-corrected chi connectivity index (χ2v) is 6.60. The Morgan fingerprint density at radius 2 is 2.00 bits per heavy atom. The minimum atomic E-state index is 0.747. The molecule has 0 spiro atoms. The van der Waals surface area contributed by atoms with Gasteiger partial charge in [-0.15, -0.1) is 11.8 Å². The van der Waals surface area contributed by atoms with Crippen molar-refractivity contribution in [3.05, 3.63) is 64.1 Å². The minimum absolute atomic E-state index is 0.747. The van der Waals surface area contributed by atoms with Crippen LogP contribution in [0.1, 0.15) is 11.1 Å². The summed E-state index contributed by atoms with van der Waals surface area (Å²) in [6.45, 7) is 2.51. The van der Waals surface area contributed by atoms with Gasteiger partial charge < -0.3 is 10.1 Å². The van der Waals surface area contributed by atoms with Crippen LogP contribution in [0.4, 0.5) is 0 Å². The van der Waals surface area contributed by atoms with E-state index >= 15 is 0 Å². The van der Waals surface area contributed by atoms with Crippen molar-refractivity contribution >= 4 is 27.7 Å². The molecule has 2 nitrogen and oxygen atoms in total. The van der Waals surface area contributed by atoms with Crippen LogP contribution in [0.25, 0.3) is 0 Å². The maximum Gasteiger partial charge on any atom is 0.0587 e. The van der Waals surface area contributed by atoms with E-state index in [0.717, 1.165) is 25.4 Å². The number of hydrogen-bond donors (Lipinski definition) is 1. The molecule has 0 bridgehead atoms. The normalized spacial score (nSPS) is 10.8. The lowest BCUT2D eigenvalue weighted by Crippen LogP contribution is -2.18. The lowest BCUT2D eigenvalue weighted by Gasteiger charge is -2.08. The molecule has 0 heterocycles. The van der Waals surface area contributed by atoms with Crippen LogP contribution in [-0.2, 0) is 17.0 Å². The molecule has 0 unspecified atom stereocenters. The van der Waals surface area contributed by atoms with Crippen molar-refractivity contribution in [2.75, 3.05) is 20.3 Å². The van der Waals surface area contributed by atoms with Crippen LogP contribution in [0, 0.1) is 0 Å². The third-order valence-electron chi connectivity index (χ3n) is 3.06. The summed E-state index contributed by atoms with van der Waals surface area (Å²) in [5, 5.41) is 3.37. The van der Waals surface area contributed by atoms with Crippen LogP contribution in [-0.4, -0.2) is 20.3 Å². The first-order valence-electron chi connectivity index (χ1n) is 6.94. The number of rotatable bonds is 8. The number of benzene rings is 2. The highest BCUT2D eigenvalue weighted by atomic mass is 79.9. The Kier molecular flexibility index (Phi) is 7.30. The molecule has 0 aliphatic carbocycles. The highest BCUT2D eigenvalue weighted by Gasteiger charge is 2.01. The summed E-state index contributed by atoms with van der Waals surface area (Å²) < 4.78 is 6.21. The second-order valence-electron chi connectivity index (χ2n) is 4.70. The maximum absolute atomic E-state index is 5.03. The average molecular weight is 366 g/mol. The smallest absolute Gasteiger partial charge is 0.0587 e. The van der Waals surface area contributed by atoms with E-state index in [1.807, 2.05) is 17.8 Å². The van der Waals surface area contributed by atoms with Crippen LogP contribution < -0.4 is 5.32 Å². The van der Waals surface area contributed by atoms with E-state index in [-0.39, 0.29) is 0 Å². The second kappa shape index (κ2) is 9.26. The van der Waals surface area contributed by atoms with Gasteiger partial charge in [-0.05, 0) is 29.3 Å². The van der Waals surface area contributed by atoms with Crippen molar-refractivity contribution in [1.29, 1.82) is 0 Å². The maximum atomic E-state index is 5.03.